The summed E-state index contributed by atoms with van der Waals surface area (Å²) in [4.78, 5) is 29.3. The van der Waals surface area contributed by atoms with Gasteiger partial charge in [-0.15, -0.1) is 0 Å². The zero-order chi connectivity index (χ0) is 23.8. The number of carbonyl (C=O) groups is 2. The summed E-state index contributed by atoms with van der Waals surface area (Å²) < 4.78 is 14.1. The Labute approximate surface area is 198 Å². The molecule has 0 aromatic carbocycles. The normalized spacial score (nSPS) is 16.5. The van der Waals surface area contributed by atoms with E-state index >= 15 is 0 Å². The van der Waals surface area contributed by atoms with Crippen LogP contribution in [0.4, 0.5) is 4.79 Å². The fourth-order valence-electron chi connectivity index (χ4n) is 4.14. The Hall–Kier alpha value is -2.06. The number of fused-ring (bicyclic) bond motifs is 1. The highest BCUT2D eigenvalue weighted by molar-refractivity contribution is 9.10. The summed E-state index contributed by atoms with van der Waals surface area (Å²) in [7, 11) is 0. The number of halogens is 1. The highest BCUT2D eigenvalue weighted by Gasteiger charge is 2.30. The van der Waals surface area contributed by atoms with Gasteiger partial charge in [-0.3, -0.25) is 4.90 Å². The minimum atomic E-state index is -0.503. The molecule has 1 aliphatic rings. The second-order valence-corrected chi connectivity index (χ2v) is 10.6. The maximum absolute atomic E-state index is 12.8. The van der Waals surface area contributed by atoms with Gasteiger partial charge in [-0.1, -0.05) is 0 Å². The van der Waals surface area contributed by atoms with Crippen LogP contribution in [-0.2, 0) is 9.47 Å². The number of rotatable bonds is 4. The summed E-state index contributed by atoms with van der Waals surface area (Å²) in [6, 6.07) is 3.94. The molecule has 7 nitrogen and oxygen atoms in total. The number of ether oxygens (including phenoxy) is 2. The van der Waals surface area contributed by atoms with E-state index in [0.29, 0.717) is 18.7 Å². The first-order chi connectivity index (χ1) is 14.9. The van der Waals surface area contributed by atoms with Crippen molar-refractivity contribution in [2.75, 3.05) is 26.2 Å². The van der Waals surface area contributed by atoms with Gasteiger partial charge in [0.15, 0.2) is 0 Å². The molecule has 2 aromatic heterocycles. The number of amides is 1. The highest BCUT2D eigenvalue weighted by atomic mass is 79.9. The van der Waals surface area contributed by atoms with Gasteiger partial charge in [0.2, 0.25) is 0 Å². The molecule has 0 aliphatic carbocycles. The molecule has 1 atom stereocenters. The predicted molar refractivity (Wildman–Crippen MR) is 128 cm³/mol. The molecule has 2 aromatic rings. The molecule has 1 fully saturated rings. The lowest BCUT2D eigenvalue weighted by molar-refractivity contribution is 0.0107. The molecular weight excluding hydrogens is 474 g/mol. The number of pyridine rings is 1. The van der Waals surface area contributed by atoms with E-state index in [2.05, 4.69) is 32.2 Å². The summed E-state index contributed by atoms with van der Waals surface area (Å²) in [5.41, 5.74) is 2.98. The van der Waals surface area contributed by atoms with Crippen LogP contribution in [0.25, 0.3) is 5.52 Å². The molecule has 32 heavy (non-hydrogen) atoms. The van der Waals surface area contributed by atoms with Crippen LogP contribution in [0.3, 0.4) is 0 Å². The minimum absolute atomic E-state index is 0.0457. The van der Waals surface area contributed by atoms with Crippen molar-refractivity contribution in [1.29, 1.82) is 0 Å². The van der Waals surface area contributed by atoms with E-state index < -0.39 is 5.60 Å². The average Bonchev–Trinajstić information content (AvgIpc) is 3.05. The maximum Gasteiger partial charge on any atom is 0.410 e. The molecule has 0 bridgehead atoms. The van der Waals surface area contributed by atoms with Gasteiger partial charge in [0, 0.05) is 54.1 Å². The van der Waals surface area contributed by atoms with Crippen molar-refractivity contribution in [3.8, 4) is 0 Å². The molecule has 1 unspecified atom stereocenters. The molecule has 1 amide bonds. The van der Waals surface area contributed by atoms with Crippen molar-refractivity contribution in [2.45, 2.75) is 66.2 Å². The van der Waals surface area contributed by atoms with Crippen molar-refractivity contribution in [1.82, 2.24) is 14.2 Å². The third kappa shape index (κ3) is 5.46. The summed E-state index contributed by atoms with van der Waals surface area (Å²) >= 11 is 3.57. The van der Waals surface area contributed by atoms with Crippen LogP contribution in [0.2, 0.25) is 0 Å². The van der Waals surface area contributed by atoms with E-state index in [4.69, 9.17) is 9.47 Å². The molecular formula is C24H34BrN3O4. The van der Waals surface area contributed by atoms with Crippen LogP contribution in [0, 0.1) is 6.92 Å². The SMILES string of the molecule is Cc1c(C(=O)OC(C)C)cc2cc(Br)cn2c1C(C)N1CCN(C(=O)OC(C)(C)C)CC1. The van der Waals surface area contributed by atoms with E-state index in [0.717, 1.165) is 34.3 Å². The van der Waals surface area contributed by atoms with E-state index in [1.807, 2.05) is 59.9 Å². The highest BCUT2D eigenvalue weighted by Crippen LogP contribution is 2.31. The van der Waals surface area contributed by atoms with Crippen molar-refractivity contribution >= 4 is 33.5 Å². The van der Waals surface area contributed by atoms with E-state index in [9.17, 15) is 9.59 Å². The van der Waals surface area contributed by atoms with Gasteiger partial charge in [-0.2, -0.15) is 0 Å². The van der Waals surface area contributed by atoms with Gasteiger partial charge in [-0.25, -0.2) is 9.59 Å². The Balaban J connectivity index is 1.86. The summed E-state index contributed by atoms with van der Waals surface area (Å²) in [6.07, 6.45) is 1.58. The first-order valence-corrected chi connectivity index (χ1v) is 11.9. The third-order valence-corrected chi connectivity index (χ3v) is 6.06. The molecule has 1 saturated heterocycles. The Bertz CT molecular complexity index is 1000. The number of aromatic nitrogens is 1. The summed E-state index contributed by atoms with van der Waals surface area (Å²) in [6.45, 7) is 16.1. The van der Waals surface area contributed by atoms with Crippen LogP contribution >= 0.6 is 15.9 Å². The number of hydrogen-bond acceptors (Lipinski definition) is 5. The van der Waals surface area contributed by atoms with Crippen molar-refractivity contribution in [3.05, 3.63) is 39.6 Å². The number of piperazine rings is 1. The van der Waals surface area contributed by atoms with Gasteiger partial charge >= 0.3 is 12.1 Å². The number of nitrogens with zero attached hydrogens (tertiary/aromatic N) is 3. The Morgan fingerprint density at radius 3 is 2.25 bits per heavy atom. The first-order valence-electron chi connectivity index (χ1n) is 11.1. The lowest BCUT2D eigenvalue weighted by Gasteiger charge is -2.39. The van der Waals surface area contributed by atoms with Gasteiger partial charge in [0.05, 0.1) is 11.7 Å². The molecule has 8 heteroatoms. The van der Waals surface area contributed by atoms with Crippen LogP contribution in [0.5, 0.6) is 0 Å². The number of carbonyl (C=O) groups excluding carboxylic acids is 2. The van der Waals surface area contributed by atoms with Gasteiger partial charge in [-0.05, 0) is 82.1 Å². The van der Waals surface area contributed by atoms with E-state index in [1.54, 1.807) is 4.90 Å². The van der Waals surface area contributed by atoms with Crippen LogP contribution in [0.15, 0.2) is 22.8 Å². The van der Waals surface area contributed by atoms with Gasteiger partial charge in [0.25, 0.3) is 0 Å². The Morgan fingerprint density at radius 1 is 1.06 bits per heavy atom. The van der Waals surface area contributed by atoms with Crippen molar-refractivity contribution in [2.24, 2.45) is 0 Å². The number of esters is 1. The van der Waals surface area contributed by atoms with Gasteiger partial charge in [0.1, 0.15) is 5.60 Å². The van der Waals surface area contributed by atoms with Crippen LogP contribution in [0.1, 0.15) is 69.2 Å². The number of hydrogen-bond donors (Lipinski definition) is 0. The monoisotopic (exact) mass is 507 g/mol. The van der Waals surface area contributed by atoms with Crippen LogP contribution in [-0.4, -0.2) is 64.1 Å². The summed E-state index contributed by atoms with van der Waals surface area (Å²) in [5, 5.41) is 0. The Morgan fingerprint density at radius 2 is 1.69 bits per heavy atom. The third-order valence-electron chi connectivity index (χ3n) is 5.63. The smallest absolute Gasteiger partial charge is 0.410 e. The molecule has 0 saturated carbocycles. The molecule has 176 valence electrons. The molecule has 0 spiro atoms. The standard InChI is InChI=1S/C24H34BrN3O4/c1-15(2)31-22(29)20-13-19-12-18(25)14-28(19)21(16(20)3)17(4)26-8-10-27(11-9-26)23(30)32-24(5,6)7/h12-15,17H,8-11H2,1-7H3. The second kappa shape index (κ2) is 9.43. The zero-order valence-corrected chi connectivity index (χ0v) is 21.7. The van der Waals surface area contributed by atoms with E-state index in [1.165, 1.54) is 0 Å². The summed E-state index contributed by atoms with van der Waals surface area (Å²) in [5.74, 6) is -0.305. The molecule has 3 rings (SSSR count). The topological polar surface area (TPSA) is 63.5 Å². The quantitative estimate of drug-likeness (QED) is 0.532. The van der Waals surface area contributed by atoms with Gasteiger partial charge < -0.3 is 18.8 Å². The average molecular weight is 508 g/mol. The Kier molecular flexibility index (Phi) is 7.25. The molecule has 3 heterocycles. The second-order valence-electron chi connectivity index (χ2n) is 9.65. The zero-order valence-electron chi connectivity index (χ0n) is 20.1. The lowest BCUT2D eigenvalue weighted by atomic mass is 10.0. The lowest BCUT2D eigenvalue weighted by Crippen LogP contribution is -2.50. The van der Waals surface area contributed by atoms with Crippen molar-refractivity contribution in [3.63, 3.8) is 0 Å². The maximum atomic E-state index is 12.8. The first kappa shape index (κ1) is 24.6. The fourth-order valence-corrected chi connectivity index (χ4v) is 4.58. The largest absolute Gasteiger partial charge is 0.459 e. The molecule has 0 radical (unpaired) electrons. The molecule has 0 N–H and O–H groups in total. The van der Waals surface area contributed by atoms with Crippen LogP contribution < -0.4 is 0 Å². The fraction of sp³-hybridized carbons (Fsp3) is 0.583. The van der Waals surface area contributed by atoms with Crippen molar-refractivity contribution < 1.29 is 19.1 Å². The molecule has 1 aliphatic heterocycles. The minimum Gasteiger partial charge on any atom is -0.459 e. The predicted octanol–water partition coefficient (Wildman–Crippen LogP) is 5.19. The van der Waals surface area contributed by atoms with E-state index in [-0.39, 0.29) is 24.2 Å².